The van der Waals surface area contributed by atoms with Gasteiger partial charge >= 0.3 is 0 Å². The summed E-state index contributed by atoms with van der Waals surface area (Å²) in [6, 6.07) is 10.8. The third-order valence-corrected chi connectivity index (χ3v) is 5.38. The van der Waals surface area contributed by atoms with Gasteiger partial charge in [0.1, 0.15) is 18.4 Å². The average Bonchev–Trinajstić information content (AvgIpc) is 3.22. The Morgan fingerprint density at radius 2 is 1.90 bits per heavy atom. The highest BCUT2D eigenvalue weighted by molar-refractivity contribution is 6.01. The second-order valence-corrected chi connectivity index (χ2v) is 7.13. The van der Waals surface area contributed by atoms with E-state index in [4.69, 9.17) is 0 Å². The predicted molar refractivity (Wildman–Crippen MR) is 104 cm³/mol. The summed E-state index contributed by atoms with van der Waals surface area (Å²) in [6.45, 7) is 2.09. The fourth-order valence-corrected chi connectivity index (χ4v) is 3.75. The van der Waals surface area contributed by atoms with Crippen molar-refractivity contribution in [3.8, 4) is 0 Å². The van der Waals surface area contributed by atoms with E-state index >= 15 is 0 Å². The molecule has 2 aromatic carbocycles. The van der Waals surface area contributed by atoms with Crippen LogP contribution in [-0.2, 0) is 16.1 Å². The number of aryl methyl sites for hydroxylation is 1. The number of aromatic nitrogens is 2. The van der Waals surface area contributed by atoms with E-state index in [-0.39, 0.29) is 23.9 Å². The van der Waals surface area contributed by atoms with Gasteiger partial charge in [0.25, 0.3) is 0 Å². The Hall–Kier alpha value is -3.29. The van der Waals surface area contributed by atoms with Gasteiger partial charge < -0.3 is 14.4 Å². The van der Waals surface area contributed by atoms with Crippen LogP contribution in [-0.4, -0.2) is 45.9 Å². The summed E-state index contributed by atoms with van der Waals surface area (Å²) in [5.74, 6) is -1.94. The van der Waals surface area contributed by atoms with E-state index in [1.165, 1.54) is 9.47 Å². The van der Waals surface area contributed by atoms with Crippen molar-refractivity contribution >= 4 is 28.5 Å². The van der Waals surface area contributed by atoms with Gasteiger partial charge in [-0.2, -0.15) is 0 Å². The molecule has 8 heteroatoms. The molecule has 3 aromatic rings. The van der Waals surface area contributed by atoms with E-state index < -0.39 is 17.7 Å². The first kappa shape index (κ1) is 19.0. The highest BCUT2D eigenvalue weighted by Crippen LogP contribution is 2.25. The number of fused-ring (bicyclic) bond motifs is 1. The number of carbonyl (C=O) groups excluding carboxylic acids is 2. The summed E-state index contributed by atoms with van der Waals surface area (Å²) in [7, 11) is 1.59. The minimum atomic E-state index is -0.996. The van der Waals surface area contributed by atoms with Gasteiger partial charge in [0.05, 0.1) is 11.0 Å². The van der Waals surface area contributed by atoms with Gasteiger partial charge in [-0.25, -0.2) is 13.8 Å². The zero-order chi connectivity index (χ0) is 20.7. The van der Waals surface area contributed by atoms with Crippen LogP contribution in [0.5, 0.6) is 0 Å². The minimum Gasteiger partial charge on any atom is -0.332 e. The Bertz CT molecular complexity index is 1100. The van der Waals surface area contributed by atoms with E-state index in [1.54, 1.807) is 18.9 Å². The first-order valence-electron chi connectivity index (χ1n) is 9.31. The van der Waals surface area contributed by atoms with Gasteiger partial charge in [0, 0.05) is 31.4 Å². The number of para-hydroxylation sites is 1. The molecule has 2 amide bonds. The number of hydrogen-bond acceptors (Lipinski definition) is 3. The number of likely N-dealkylation sites (N-methyl/N-ethyl adjacent to an activating group) is 1. The van der Waals surface area contributed by atoms with Crippen LogP contribution in [0.25, 0.3) is 11.0 Å². The fourth-order valence-electron chi connectivity index (χ4n) is 3.75. The molecule has 0 radical (unpaired) electrons. The van der Waals surface area contributed by atoms with E-state index in [0.29, 0.717) is 24.3 Å². The maximum Gasteiger partial charge on any atom is 0.249 e. The van der Waals surface area contributed by atoms with Gasteiger partial charge in [-0.05, 0) is 25.5 Å². The second-order valence-electron chi connectivity index (χ2n) is 7.13. The van der Waals surface area contributed by atoms with Crippen LogP contribution in [0.15, 0.2) is 42.5 Å². The van der Waals surface area contributed by atoms with Gasteiger partial charge in [0.2, 0.25) is 11.8 Å². The molecule has 150 valence electrons. The van der Waals surface area contributed by atoms with Crippen LogP contribution >= 0.6 is 0 Å². The largest absolute Gasteiger partial charge is 0.332 e. The molecule has 4 rings (SSSR count). The lowest BCUT2D eigenvalue weighted by molar-refractivity contribution is -0.137. The quantitative estimate of drug-likeness (QED) is 0.679. The molecule has 0 spiro atoms. The highest BCUT2D eigenvalue weighted by Gasteiger charge is 2.37. The molecule has 1 unspecified atom stereocenters. The van der Waals surface area contributed by atoms with Crippen molar-refractivity contribution in [2.45, 2.75) is 25.9 Å². The number of carbonyl (C=O) groups is 2. The van der Waals surface area contributed by atoms with Crippen molar-refractivity contribution in [2.75, 3.05) is 18.5 Å². The SMILES string of the molecule is Cc1nc2cc(F)c(F)cc2n1CC(=O)N(C)C1CCN(c2ccccc2)C1=O. The van der Waals surface area contributed by atoms with Crippen LogP contribution in [0.4, 0.5) is 14.5 Å². The summed E-state index contributed by atoms with van der Waals surface area (Å²) in [4.78, 5) is 33.0. The van der Waals surface area contributed by atoms with Crippen molar-refractivity contribution in [1.29, 1.82) is 0 Å². The topological polar surface area (TPSA) is 58.4 Å². The molecule has 1 saturated heterocycles. The lowest BCUT2D eigenvalue weighted by atomic mass is 10.2. The first-order chi connectivity index (χ1) is 13.9. The number of nitrogens with zero attached hydrogens (tertiary/aromatic N) is 4. The van der Waals surface area contributed by atoms with Crippen LogP contribution < -0.4 is 4.90 Å². The summed E-state index contributed by atoms with van der Waals surface area (Å²) in [6.07, 6.45) is 0.527. The fraction of sp³-hybridized carbons (Fsp3) is 0.286. The second kappa shape index (κ2) is 7.27. The third kappa shape index (κ3) is 3.35. The molecule has 1 atom stereocenters. The average molecular weight is 398 g/mol. The smallest absolute Gasteiger partial charge is 0.249 e. The molecule has 0 N–H and O–H groups in total. The molecular weight excluding hydrogens is 378 g/mol. The van der Waals surface area contributed by atoms with Gasteiger partial charge in [-0.15, -0.1) is 0 Å². The number of rotatable bonds is 4. The summed E-state index contributed by atoms with van der Waals surface area (Å²) < 4.78 is 28.7. The van der Waals surface area contributed by atoms with Crippen LogP contribution in [0.2, 0.25) is 0 Å². The summed E-state index contributed by atoms with van der Waals surface area (Å²) in [5.41, 5.74) is 1.42. The number of hydrogen-bond donors (Lipinski definition) is 0. The Balaban J connectivity index is 1.54. The van der Waals surface area contributed by atoms with Crippen molar-refractivity contribution in [3.63, 3.8) is 0 Å². The van der Waals surface area contributed by atoms with E-state index in [9.17, 15) is 18.4 Å². The Morgan fingerprint density at radius 3 is 2.62 bits per heavy atom. The predicted octanol–water partition coefficient (Wildman–Crippen LogP) is 2.89. The number of amides is 2. The van der Waals surface area contributed by atoms with Crippen molar-refractivity contribution < 1.29 is 18.4 Å². The first-order valence-corrected chi connectivity index (χ1v) is 9.31. The van der Waals surface area contributed by atoms with Crippen LogP contribution in [0.3, 0.4) is 0 Å². The standard InChI is InChI=1S/C21H20F2N4O2/c1-13-24-17-10-15(22)16(23)11-19(17)27(13)12-20(28)25(2)18-8-9-26(21(18)29)14-6-4-3-5-7-14/h3-7,10-11,18H,8-9,12H2,1-2H3. The molecule has 0 bridgehead atoms. The normalized spacial score (nSPS) is 16.6. The van der Waals surface area contributed by atoms with Crippen LogP contribution in [0.1, 0.15) is 12.2 Å². The molecule has 1 fully saturated rings. The molecule has 0 saturated carbocycles. The monoisotopic (exact) mass is 398 g/mol. The number of benzene rings is 2. The molecule has 1 aliphatic heterocycles. The van der Waals surface area contributed by atoms with E-state index in [2.05, 4.69) is 4.98 Å². The van der Waals surface area contributed by atoms with E-state index in [1.807, 2.05) is 30.3 Å². The molecule has 6 nitrogen and oxygen atoms in total. The zero-order valence-corrected chi connectivity index (χ0v) is 16.1. The van der Waals surface area contributed by atoms with Crippen molar-refractivity contribution in [2.24, 2.45) is 0 Å². The molecule has 2 heterocycles. The Kier molecular flexibility index (Phi) is 4.77. The van der Waals surface area contributed by atoms with Gasteiger partial charge in [0.15, 0.2) is 11.6 Å². The molecule has 1 aliphatic rings. The lowest BCUT2D eigenvalue weighted by Gasteiger charge is -2.24. The molecule has 0 aliphatic carbocycles. The van der Waals surface area contributed by atoms with E-state index in [0.717, 1.165) is 17.8 Å². The minimum absolute atomic E-state index is 0.112. The lowest BCUT2D eigenvalue weighted by Crippen LogP contribution is -2.44. The highest BCUT2D eigenvalue weighted by atomic mass is 19.2. The van der Waals surface area contributed by atoms with Crippen molar-refractivity contribution in [1.82, 2.24) is 14.5 Å². The summed E-state index contributed by atoms with van der Waals surface area (Å²) >= 11 is 0. The van der Waals surface area contributed by atoms with Crippen LogP contribution in [0, 0.1) is 18.6 Å². The van der Waals surface area contributed by atoms with Crippen molar-refractivity contribution in [3.05, 3.63) is 59.9 Å². The maximum absolute atomic E-state index is 13.7. The third-order valence-electron chi connectivity index (χ3n) is 5.38. The Morgan fingerprint density at radius 1 is 1.21 bits per heavy atom. The maximum atomic E-state index is 13.7. The van der Waals surface area contributed by atoms with Gasteiger partial charge in [-0.1, -0.05) is 18.2 Å². The Labute approximate surface area is 166 Å². The summed E-state index contributed by atoms with van der Waals surface area (Å²) in [5, 5.41) is 0. The van der Waals surface area contributed by atoms with Gasteiger partial charge in [-0.3, -0.25) is 9.59 Å². The molecule has 1 aromatic heterocycles. The number of halogens is 2. The number of imidazole rings is 1. The zero-order valence-electron chi connectivity index (χ0n) is 16.1. The number of anilines is 1. The molecular formula is C21H20F2N4O2. The molecule has 29 heavy (non-hydrogen) atoms.